The summed E-state index contributed by atoms with van der Waals surface area (Å²) in [6.07, 6.45) is 1.42. The summed E-state index contributed by atoms with van der Waals surface area (Å²) in [5, 5.41) is 20.3. The maximum Gasteiger partial charge on any atom is 0.300 e. The largest absolute Gasteiger partial charge is 0.508 e. The van der Waals surface area contributed by atoms with Crippen LogP contribution < -0.4 is 0 Å². The standard InChI is InChI=1S/C15H8ClFN2O3/c16-12-13(17)10-2-1-7-18-14(10)11(15(12)19(21)22)8-3-5-9(20)6-4-8/h1-7,20H. The van der Waals surface area contributed by atoms with Crippen LogP contribution in [0, 0.1) is 15.9 Å². The van der Waals surface area contributed by atoms with Gasteiger partial charge in [-0.15, -0.1) is 0 Å². The van der Waals surface area contributed by atoms with Crippen molar-refractivity contribution >= 4 is 28.2 Å². The molecule has 1 N–H and O–H groups in total. The first-order valence-electron chi connectivity index (χ1n) is 6.20. The number of halogens is 2. The lowest BCUT2D eigenvalue weighted by molar-refractivity contribution is -0.384. The Labute approximate surface area is 128 Å². The molecule has 0 saturated heterocycles. The fraction of sp³-hybridized carbons (Fsp3) is 0. The number of fused-ring (bicyclic) bond motifs is 1. The monoisotopic (exact) mass is 318 g/mol. The highest BCUT2D eigenvalue weighted by molar-refractivity contribution is 6.34. The number of nitrogens with zero attached hydrogens (tertiary/aromatic N) is 2. The fourth-order valence-corrected chi connectivity index (χ4v) is 2.56. The fourth-order valence-electron chi connectivity index (χ4n) is 2.30. The Bertz CT molecular complexity index is 897. The van der Waals surface area contributed by atoms with Crippen LogP contribution in [0.1, 0.15) is 0 Å². The molecule has 1 aromatic heterocycles. The van der Waals surface area contributed by atoms with E-state index in [4.69, 9.17) is 11.6 Å². The molecule has 0 bridgehead atoms. The van der Waals surface area contributed by atoms with E-state index in [0.29, 0.717) is 5.56 Å². The molecule has 0 amide bonds. The second-order valence-corrected chi connectivity index (χ2v) is 4.93. The highest BCUT2D eigenvalue weighted by Crippen LogP contribution is 2.43. The van der Waals surface area contributed by atoms with E-state index in [1.165, 1.54) is 42.6 Å². The predicted molar refractivity (Wildman–Crippen MR) is 80.5 cm³/mol. The Balaban J connectivity index is 2.50. The zero-order valence-corrected chi connectivity index (χ0v) is 11.7. The van der Waals surface area contributed by atoms with Gasteiger partial charge in [-0.25, -0.2) is 4.39 Å². The van der Waals surface area contributed by atoms with Crippen molar-refractivity contribution < 1.29 is 14.4 Å². The number of benzene rings is 2. The van der Waals surface area contributed by atoms with Gasteiger partial charge in [-0.05, 0) is 29.8 Å². The number of rotatable bonds is 2. The zero-order valence-electron chi connectivity index (χ0n) is 11.0. The number of pyridine rings is 1. The van der Waals surface area contributed by atoms with E-state index in [9.17, 15) is 19.6 Å². The van der Waals surface area contributed by atoms with E-state index in [-0.39, 0.29) is 22.2 Å². The van der Waals surface area contributed by atoms with Gasteiger partial charge in [-0.1, -0.05) is 23.7 Å². The molecule has 1 heterocycles. The van der Waals surface area contributed by atoms with Crippen molar-refractivity contribution in [2.75, 3.05) is 0 Å². The Morgan fingerprint density at radius 3 is 2.55 bits per heavy atom. The van der Waals surface area contributed by atoms with Crippen LogP contribution in [0.5, 0.6) is 5.75 Å². The minimum atomic E-state index is -0.876. The van der Waals surface area contributed by atoms with E-state index in [1.54, 1.807) is 0 Å². The topological polar surface area (TPSA) is 76.3 Å². The van der Waals surface area contributed by atoms with Gasteiger partial charge in [0.05, 0.1) is 16.0 Å². The first-order valence-corrected chi connectivity index (χ1v) is 6.58. The second-order valence-electron chi connectivity index (χ2n) is 4.56. The van der Waals surface area contributed by atoms with Gasteiger partial charge in [0.25, 0.3) is 0 Å². The molecular formula is C15H8ClFN2O3. The summed E-state index contributed by atoms with van der Waals surface area (Å²) in [6, 6.07) is 8.71. The highest BCUT2D eigenvalue weighted by atomic mass is 35.5. The average Bonchev–Trinajstić information content (AvgIpc) is 2.51. The molecule has 0 saturated carbocycles. The number of hydrogen-bond donors (Lipinski definition) is 1. The third-order valence-electron chi connectivity index (χ3n) is 3.26. The average molecular weight is 319 g/mol. The van der Waals surface area contributed by atoms with Crippen molar-refractivity contribution in [2.45, 2.75) is 0 Å². The molecule has 0 radical (unpaired) electrons. The van der Waals surface area contributed by atoms with Crippen molar-refractivity contribution in [3.63, 3.8) is 0 Å². The third kappa shape index (κ3) is 2.14. The lowest BCUT2D eigenvalue weighted by Crippen LogP contribution is -1.99. The summed E-state index contributed by atoms with van der Waals surface area (Å²) in [7, 11) is 0. The van der Waals surface area contributed by atoms with Gasteiger partial charge in [0, 0.05) is 11.6 Å². The molecule has 22 heavy (non-hydrogen) atoms. The quantitative estimate of drug-likeness (QED) is 0.564. The van der Waals surface area contributed by atoms with Crippen molar-refractivity contribution in [1.82, 2.24) is 4.98 Å². The molecule has 2 aromatic carbocycles. The molecule has 110 valence electrons. The minimum Gasteiger partial charge on any atom is -0.508 e. The first kappa shape index (κ1) is 14.2. The summed E-state index contributed by atoms with van der Waals surface area (Å²) in [6.45, 7) is 0. The number of aromatic hydroxyl groups is 1. The van der Waals surface area contributed by atoms with E-state index in [0.717, 1.165) is 0 Å². The van der Waals surface area contributed by atoms with Crippen molar-refractivity contribution in [1.29, 1.82) is 0 Å². The molecule has 0 fully saturated rings. The number of phenolic OH excluding ortho intramolecular Hbond substituents is 1. The molecule has 0 aliphatic heterocycles. The molecule has 3 rings (SSSR count). The van der Waals surface area contributed by atoms with Crippen LogP contribution in [0.25, 0.3) is 22.0 Å². The lowest BCUT2D eigenvalue weighted by Gasteiger charge is -2.10. The number of nitro benzene ring substituents is 1. The van der Waals surface area contributed by atoms with Gasteiger partial charge in [-0.2, -0.15) is 0 Å². The number of hydrogen-bond acceptors (Lipinski definition) is 4. The third-order valence-corrected chi connectivity index (χ3v) is 3.60. The Kier molecular flexibility index (Phi) is 3.38. The minimum absolute atomic E-state index is 0.0110. The molecular weight excluding hydrogens is 311 g/mol. The summed E-state index contributed by atoms with van der Waals surface area (Å²) in [5.41, 5.74) is 0.125. The van der Waals surface area contributed by atoms with Gasteiger partial charge in [-0.3, -0.25) is 15.1 Å². The number of aromatic nitrogens is 1. The Morgan fingerprint density at radius 2 is 1.91 bits per heavy atom. The van der Waals surface area contributed by atoms with Crippen LogP contribution in [0.3, 0.4) is 0 Å². The molecule has 0 unspecified atom stereocenters. The van der Waals surface area contributed by atoms with Crippen LogP contribution in [0.15, 0.2) is 42.6 Å². The van der Waals surface area contributed by atoms with Crippen molar-refractivity contribution in [3.8, 4) is 16.9 Å². The van der Waals surface area contributed by atoms with E-state index >= 15 is 0 Å². The maximum atomic E-state index is 14.3. The smallest absolute Gasteiger partial charge is 0.300 e. The summed E-state index contributed by atoms with van der Waals surface area (Å²) in [4.78, 5) is 14.7. The second kappa shape index (κ2) is 5.23. The maximum absolute atomic E-state index is 14.3. The summed E-state index contributed by atoms with van der Waals surface area (Å²) < 4.78 is 14.3. The molecule has 7 heteroatoms. The van der Waals surface area contributed by atoms with E-state index < -0.39 is 21.5 Å². The Hall–Kier alpha value is -2.73. The van der Waals surface area contributed by atoms with Gasteiger partial charge >= 0.3 is 5.69 Å². The Morgan fingerprint density at radius 1 is 1.23 bits per heavy atom. The van der Waals surface area contributed by atoms with Crippen LogP contribution in [-0.2, 0) is 0 Å². The van der Waals surface area contributed by atoms with Gasteiger partial charge in [0.1, 0.15) is 5.75 Å². The first-order chi connectivity index (χ1) is 10.5. The van der Waals surface area contributed by atoms with Gasteiger partial charge < -0.3 is 5.11 Å². The number of phenols is 1. The number of nitro groups is 1. The van der Waals surface area contributed by atoms with E-state index in [1.807, 2.05) is 0 Å². The molecule has 3 aromatic rings. The summed E-state index contributed by atoms with van der Waals surface area (Å²) in [5.74, 6) is -0.865. The van der Waals surface area contributed by atoms with Gasteiger partial charge in [0.15, 0.2) is 10.8 Å². The predicted octanol–water partition coefficient (Wildman–Crippen LogP) is 4.31. The van der Waals surface area contributed by atoms with Crippen LogP contribution in [0.2, 0.25) is 5.02 Å². The summed E-state index contributed by atoms with van der Waals surface area (Å²) >= 11 is 5.86. The molecule has 0 atom stereocenters. The van der Waals surface area contributed by atoms with Gasteiger partial charge in [0.2, 0.25) is 0 Å². The van der Waals surface area contributed by atoms with Crippen molar-refractivity contribution in [2.24, 2.45) is 0 Å². The van der Waals surface area contributed by atoms with Crippen LogP contribution in [-0.4, -0.2) is 15.0 Å². The highest BCUT2D eigenvalue weighted by Gasteiger charge is 2.28. The normalized spacial score (nSPS) is 10.8. The van der Waals surface area contributed by atoms with Crippen LogP contribution in [0.4, 0.5) is 10.1 Å². The molecule has 5 nitrogen and oxygen atoms in total. The lowest BCUT2D eigenvalue weighted by atomic mass is 9.99. The SMILES string of the molecule is O=[N+]([O-])c1c(Cl)c(F)c2cccnc2c1-c1ccc(O)cc1. The van der Waals surface area contributed by atoms with Crippen molar-refractivity contribution in [3.05, 3.63) is 63.5 Å². The van der Waals surface area contributed by atoms with Crippen LogP contribution >= 0.6 is 11.6 Å². The molecule has 0 aliphatic carbocycles. The zero-order chi connectivity index (χ0) is 15.9. The van der Waals surface area contributed by atoms with E-state index in [2.05, 4.69) is 4.98 Å². The molecule has 0 spiro atoms. The molecule has 0 aliphatic rings.